The third-order valence-corrected chi connectivity index (χ3v) is 6.80. The summed E-state index contributed by atoms with van der Waals surface area (Å²) in [6.45, 7) is 12.1. The highest BCUT2D eigenvalue weighted by Gasteiger charge is 2.41. The maximum absolute atomic E-state index is 12.6. The second-order valence-corrected chi connectivity index (χ2v) is 8.56. The van der Waals surface area contributed by atoms with Crippen LogP contribution >= 0.6 is 0 Å². The number of nitrogens with zero attached hydrogens (tertiary/aromatic N) is 1. The number of nitrogens with one attached hydrogen (secondary N) is 1. The predicted molar refractivity (Wildman–Crippen MR) is 80.7 cm³/mol. The summed E-state index contributed by atoms with van der Waals surface area (Å²) < 4.78 is 26.8. The summed E-state index contributed by atoms with van der Waals surface area (Å²) in [6, 6.07) is 0.321. The lowest BCUT2D eigenvalue weighted by molar-refractivity contribution is 0.279. The van der Waals surface area contributed by atoms with Crippen molar-refractivity contribution >= 4 is 10.0 Å². The molecule has 0 spiro atoms. The van der Waals surface area contributed by atoms with E-state index in [1.165, 1.54) is 0 Å². The van der Waals surface area contributed by atoms with E-state index >= 15 is 0 Å². The van der Waals surface area contributed by atoms with Crippen LogP contribution in [0.4, 0.5) is 0 Å². The Balaban J connectivity index is 2.69. The van der Waals surface area contributed by atoms with Crippen molar-refractivity contribution in [2.75, 3.05) is 19.6 Å². The van der Waals surface area contributed by atoms with Crippen LogP contribution in [0.5, 0.6) is 0 Å². The van der Waals surface area contributed by atoms with Gasteiger partial charge in [-0.2, -0.15) is 0 Å². The van der Waals surface area contributed by atoms with Gasteiger partial charge in [0, 0.05) is 25.7 Å². The van der Waals surface area contributed by atoms with Gasteiger partial charge in [0.15, 0.2) is 0 Å². The van der Waals surface area contributed by atoms with Gasteiger partial charge in [0.25, 0.3) is 0 Å². The van der Waals surface area contributed by atoms with Gasteiger partial charge in [-0.3, -0.25) is 0 Å². The summed E-state index contributed by atoms with van der Waals surface area (Å²) >= 11 is 0. The van der Waals surface area contributed by atoms with Crippen molar-refractivity contribution < 1.29 is 8.42 Å². The lowest BCUT2D eigenvalue weighted by atomic mass is 9.82. The molecule has 19 heavy (non-hydrogen) atoms. The predicted octanol–water partition coefficient (Wildman–Crippen LogP) is 2.21. The fourth-order valence-corrected chi connectivity index (χ4v) is 4.32. The molecule has 1 N–H and O–H groups in total. The van der Waals surface area contributed by atoms with Crippen molar-refractivity contribution in [3.8, 4) is 0 Å². The van der Waals surface area contributed by atoms with E-state index in [9.17, 15) is 8.42 Å². The number of rotatable bonds is 7. The molecule has 0 aliphatic carbocycles. The van der Waals surface area contributed by atoms with Crippen LogP contribution in [-0.2, 0) is 10.0 Å². The van der Waals surface area contributed by atoms with E-state index in [2.05, 4.69) is 19.2 Å². The molecule has 1 unspecified atom stereocenters. The van der Waals surface area contributed by atoms with Crippen LogP contribution in [0.25, 0.3) is 0 Å². The van der Waals surface area contributed by atoms with E-state index in [0.29, 0.717) is 25.7 Å². The highest BCUT2D eigenvalue weighted by atomic mass is 32.2. The summed E-state index contributed by atoms with van der Waals surface area (Å²) in [5.41, 5.74) is 0.207. The zero-order chi connectivity index (χ0) is 14.7. The second-order valence-electron chi connectivity index (χ2n) is 6.21. The van der Waals surface area contributed by atoms with Gasteiger partial charge in [-0.15, -0.1) is 0 Å². The van der Waals surface area contributed by atoms with Crippen LogP contribution < -0.4 is 5.32 Å². The van der Waals surface area contributed by atoms with Crippen molar-refractivity contribution in [2.24, 2.45) is 5.41 Å². The van der Waals surface area contributed by atoms with E-state index in [0.717, 1.165) is 19.3 Å². The van der Waals surface area contributed by atoms with Crippen LogP contribution in [0.15, 0.2) is 0 Å². The molecule has 1 heterocycles. The number of hydrogen-bond donors (Lipinski definition) is 1. The molecule has 114 valence electrons. The molecule has 1 atom stereocenters. The molecular weight excluding hydrogens is 260 g/mol. The average molecular weight is 290 g/mol. The quantitative estimate of drug-likeness (QED) is 0.782. The first-order chi connectivity index (χ1) is 8.77. The van der Waals surface area contributed by atoms with E-state index in [1.807, 2.05) is 20.8 Å². The van der Waals surface area contributed by atoms with Gasteiger partial charge in [0.2, 0.25) is 10.0 Å². The highest BCUT2D eigenvalue weighted by Crippen LogP contribution is 2.38. The second kappa shape index (κ2) is 6.55. The molecule has 0 aromatic carbocycles. The van der Waals surface area contributed by atoms with Gasteiger partial charge < -0.3 is 5.32 Å². The smallest absolute Gasteiger partial charge is 0.217 e. The molecule has 0 saturated carbocycles. The van der Waals surface area contributed by atoms with E-state index in [1.54, 1.807) is 4.31 Å². The number of hydrogen-bond acceptors (Lipinski definition) is 3. The molecule has 1 fully saturated rings. The molecule has 0 aromatic heterocycles. The molecule has 0 radical (unpaired) electrons. The Hall–Kier alpha value is -0.130. The Bertz CT molecular complexity index is 375. The van der Waals surface area contributed by atoms with E-state index in [-0.39, 0.29) is 10.7 Å². The maximum atomic E-state index is 12.6. The van der Waals surface area contributed by atoms with Crippen molar-refractivity contribution in [1.82, 2.24) is 9.62 Å². The van der Waals surface area contributed by atoms with Gasteiger partial charge in [-0.05, 0) is 31.6 Å². The van der Waals surface area contributed by atoms with E-state index < -0.39 is 10.0 Å². The van der Waals surface area contributed by atoms with Crippen LogP contribution in [0.3, 0.4) is 0 Å². The minimum Gasteiger partial charge on any atom is -0.313 e. The van der Waals surface area contributed by atoms with Crippen LogP contribution in [0.1, 0.15) is 53.9 Å². The average Bonchev–Trinajstić information content (AvgIpc) is 2.81. The summed E-state index contributed by atoms with van der Waals surface area (Å²) in [7, 11) is -3.15. The zero-order valence-electron chi connectivity index (χ0n) is 13.1. The minimum absolute atomic E-state index is 0.207. The standard InChI is InChI=1S/C14H30N2O2S/c1-6-14(7-2)8-9-16(11-14)19(17,18)13(5)10-15-12(3)4/h12-13,15H,6-11H2,1-5H3. The highest BCUT2D eigenvalue weighted by molar-refractivity contribution is 7.89. The van der Waals surface area contributed by atoms with Crippen molar-refractivity contribution in [1.29, 1.82) is 0 Å². The SMILES string of the molecule is CCC1(CC)CCN(S(=O)(=O)C(C)CNC(C)C)C1. The fourth-order valence-electron chi connectivity index (χ4n) is 2.70. The molecule has 1 rings (SSSR count). The summed E-state index contributed by atoms with van der Waals surface area (Å²) in [6.07, 6.45) is 3.13. The Morgan fingerprint density at radius 3 is 2.21 bits per heavy atom. The van der Waals surface area contributed by atoms with Crippen LogP contribution in [0.2, 0.25) is 0 Å². The van der Waals surface area contributed by atoms with Gasteiger partial charge in [0.05, 0.1) is 5.25 Å². The molecule has 0 aromatic rings. The van der Waals surface area contributed by atoms with Gasteiger partial charge in [-0.1, -0.05) is 27.7 Å². The van der Waals surface area contributed by atoms with Crippen molar-refractivity contribution in [3.63, 3.8) is 0 Å². The molecular formula is C14H30N2O2S. The zero-order valence-corrected chi connectivity index (χ0v) is 13.9. The normalized spacial score (nSPS) is 22.0. The van der Waals surface area contributed by atoms with Gasteiger partial charge in [0.1, 0.15) is 0 Å². The first-order valence-electron chi connectivity index (χ1n) is 7.50. The fraction of sp³-hybridized carbons (Fsp3) is 1.00. The molecule has 1 saturated heterocycles. The van der Waals surface area contributed by atoms with Gasteiger partial charge >= 0.3 is 0 Å². The monoisotopic (exact) mass is 290 g/mol. The Morgan fingerprint density at radius 1 is 1.21 bits per heavy atom. The third kappa shape index (κ3) is 3.92. The maximum Gasteiger partial charge on any atom is 0.217 e. The Labute approximate surface area is 119 Å². The Kier molecular flexibility index (Phi) is 5.83. The van der Waals surface area contributed by atoms with Crippen molar-refractivity contribution in [2.45, 2.75) is 65.2 Å². The summed E-state index contributed by atoms with van der Waals surface area (Å²) in [4.78, 5) is 0. The van der Waals surface area contributed by atoms with E-state index in [4.69, 9.17) is 0 Å². The van der Waals surface area contributed by atoms with Crippen LogP contribution in [-0.4, -0.2) is 43.6 Å². The molecule has 1 aliphatic heterocycles. The summed E-state index contributed by atoms with van der Waals surface area (Å²) in [5, 5.41) is 2.87. The molecule has 5 heteroatoms. The largest absolute Gasteiger partial charge is 0.313 e. The minimum atomic E-state index is -3.15. The summed E-state index contributed by atoms with van der Waals surface area (Å²) in [5.74, 6) is 0. The van der Waals surface area contributed by atoms with Gasteiger partial charge in [-0.25, -0.2) is 12.7 Å². The Morgan fingerprint density at radius 2 is 1.79 bits per heavy atom. The first kappa shape index (κ1) is 16.9. The molecule has 4 nitrogen and oxygen atoms in total. The lowest BCUT2D eigenvalue weighted by Gasteiger charge is -2.27. The number of sulfonamides is 1. The molecule has 1 aliphatic rings. The molecule has 0 bridgehead atoms. The first-order valence-corrected chi connectivity index (χ1v) is 9.00. The van der Waals surface area contributed by atoms with Crippen LogP contribution in [0, 0.1) is 5.41 Å². The lowest BCUT2D eigenvalue weighted by Crippen LogP contribution is -2.43. The van der Waals surface area contributed by atoms with Crippen molar-refractivity contribution in [3.05, 3.63) is 0 Å². The molecule has 0 amide bonds. The topological polar surface area (TPSA) is 49.4 Å². The third-order valence-electron chi connectivity index (χ3n) is 4.59.